The molecule has 28 heavy (non-hydrogen) atoms. The lowest BCUT2D eigenvalue weighted by Crippen LogP contribution is -2.24. The predicted octanol–water partition coefficient (Wildman–Crippen LogP) is 5.18. The van der Waals surface area contributed by atoms with Crippen molar-refractivity contribution in [2.45, 2.75) is 0 Å². The topological polar surface area (TPSA) is 50.7 Å². The number of carbonyl (C=O) groups excluding carboxylic acids is 1. The van der Waals surface area contributed by atoms with Crippen molar-refractivity contribution in [2.75, 3.05) is 6.61 Å². The smallest absolute Gasteiger partial charge is 0.277 e. The van der Waals surface area contributed by atoms with Gasteiger partial charge < -0.3 is 4.74 Å². The van der Waals surface area contributed by atoms with Crippen LogP contribution in [0.4, 0.5) is 0 Å². The number of fused-ring (bicyclic) bond motifs is 2. The third-order valence-electron chi connectivity index (χ3n) is 4.39. The van der Waals surface area contributed by atoms with Gasteiger partial charge in [-0.05, 0) is 39.7 Å². The summed E-state index contributed by atoms with van der Waals surface area (Å²) in [5, 5.41) is 8.99. The molecule has 4 rings (SSSR count). The Balaban J connectivity index is 1.53. The zero-order valence-electron chi connectivity index (χ0n) is 14.9. The van der Waals surface area contributed by atoms with Crippen LogP contribution in [-0.4, -0.2) is 18.7 Å². The first kappa shape index (κ1) is 18.0. The van der Waals surface area contributed by atoms with Gasteiger partial charge in [-0.2, -0.15) is 5.10 Å². The molecule has 1 amide bonds. The van der Waals surface area contributed by atoms with Gasteiger partial charge in [0.1, 0.15) is 5.75 Å². The van der Waals surface area contributed by atoms with Crippen molar-refractivity contribution in [3.63, 3.8) is 0 Å². The number of rotatable bonds is 5. The summed E-state index contributed by atoms with van der Waals surface area (Å²) in [5.74, 6) is 0.101. The van der Waals surface area contributed by atoms with E-state index in [2.05, 4.69) is 28.7 Å². The maximum Gasteiger partial charge on any atom is 0.277 e. The fourth-order valence-electron chi connectivity index (χ4n) is 3.09. The lowest BCUT2D eigenvalue weighted by atomic mass is 9.97. The number of hydrogen-bond donors (Lipinski definition) is 1. The van der Waals surface area contributed by atoms with E-state index < -0.39 is 0 Å². The van der Waals surface area contributed by atoms with E-state index in [1.165, 1.54) is 0 Å². The van der Waals surface area contributed by atoms with E-state index in [9.17, 15) is 4.79 Å². The number of nitrogens with one attached hydrogen (secondary N) is 1. The van der Waals surface area contributed by atoms with E-state index >= 15 is 0 Å². The highest BCUT2D eigenvalue weighted by Crippen LogP contribution is 2.27. The largest absolute Gasteiger partial charge is 0.482 e. The van der Waals surface area contributed by atoms with Gasteiger partial charge >= 0.3 is 0 Å². The lowest BCUT2D eigenvalue weighted by Gasteiger charge is -2.08. The van der Waals surface area contributed by atoms with Gasteiger partial charge in [-0.25, -0.2) is 5.43 Å². The summed E-state index contributed by atoms with van der Waals surface area (Å²) in [6.45, 7) is -0.169. The summed E-state index contributed by atoms with van der Waals surface area (Å²) in [5.41, 5.74) is 3.47. The van der Waals surface area contributed by atoms with Crippen molar-refractivity contribution in [3.05, 3.63) is 89.4 Å². The molecular formula is C23H17ClN2O2. The number of hydrazone groups is 1. The van der Waals surface area contributed by atoms with Crippen LogP contribution in [0.2, 0.25) is 5.02 Å². The van der Waals surface area contributed by atoms with Crippen LogP contribution in [0.1, 0.15) is 5.56 Å². The number of para-hydroxylation sites is 1. The van der Waals surface area contributed by atoms with Gasteiger partial charge in [0.15, 0.2) is 6.61 Å². The molecule has 0 aliphatic rings. The maximum atomic E-state index is 12.1. The monoisotopic (exact) mass is 388 g/mol. The average Bonchev–Trinajstić information content (AvgIpc) is 2.72. The quantitative estimate of drug-likeness (QED) is 0.291. The van der Waals surface area contributed by atoms with Crippen LogP contribution < -0.4 is 10.2 Å². The fourth-order valence-corrected chi connectivity index (χ4v) is 3.28. The molecule has 0 saturated heterocycles. The molecule has 0 bridgehead atoms. The van der Waals surface area contributed by atoms with Gasteiger partial charge in [0.2, 0.25) is 0 Å². The van der Waals surface area contributed by atoms with E-state index in [0.717, 1.165) is 27.1 Å². The molecule has 0 aromatic heterocycles. The van der Waals surface area contributed by atoms with Crippen LogP contribution >= 0.6 is 11.6 Å². The van der Waals surface area contributed by atoms with Gasteiger partial charge in [0, 0.05) is 5.56 Å². The minimum absolute atomic E-state index is 0.169. The molecule has 0 heterocycles. The molecule has 5 heteroatoms. The van der Waals surface area contributed by atoms with E-state index in [1.54, 1.807) is 30.5 Å². The zero-order chi connectivity index (χ0) is 19.3. The van der Waals surface area contributed by atoms with Gasteiger partial charge in [0.05, 0.1) is 11.2 Å². The first-order valence-electron chi connectivity index (χ1n) is 8.82. The molecule has 0 fully saturated rings. The van der Waals surface area contributed by atoms with Crippen molar-refractivity contribution >= 4 is 45.3 Å². The summed E-state index contributed by atoms with van der Waals surface area (Å²) < 4.78 is 5.42. The summed E-state index contributed by atoms with van der Waals surface area (Å²) in [6.07, 6.45) is 1.68. The highest BCUT2D eigenvalue weighted by Gasteiger charge is 2.07. The second kappa shape index (κ2) is 8.11. The van der Waals surface area contributed by atoms with Gasteiger partial charge in [-0.15, -0.1) is 0 Å². The van der Waals surface area contributed by atoms with Crippen LogP contribution in [0.15, 0.2) is 84.0 Å². The van der Waals surface area contributed by atoms with E-state index in [1.807, 2.05) is 36.4 Å². The normalized spacial score (nSPS) is 11.2. The second-order valence-electron chi connectivity index (χ2n) is 6.24. The molecule has 0 spiro atoms. The van der Waals surface area contributed by atoms with Crippen molar-refractivity contribution in [3.8, 4) is 5.75 Å². The van der Waals surface area contributed by atoms with E-state index in [4.69, 9.17) is 16.3 Å². The first-order chi connectivity index (χ1) is 13.7. The Labute approximate surface area is 167 Å². The van der Waals surface area contributed by atoms with Crippen LogP contribution in [0, 0.1) is 0 Å². The van der Waals surface area contributed by atoms with Crippen LogP contribution in [0.5, 0.6) is 5.75 Å². The number of nitrogens with zero attached hydrogens (tertiary/aromatic N) is 1. The lowest BCUT2D eigenvalue weighted by molar-refractivity contribution is -0.123. The molecule has 138 valence electrons. The summed E-state index contributed by atoms with van der Waals surface area (Å²) >= 11 is 6.02. The number of amides is 1. The number of halogens is 1. The Bertz CT molecular complexity index is 1130. The molecule has 0 radical (unpaired) electrons. The molecule has 4 nitrogen and oxygen atoms in total. The maximum absolute atomic E-state index is 12.1. The summed E-state index contributed by atoms with van der Waals surface area (Å²) in [7, 11) is 0. The number of ether oxygens (including phenoxy) is 1. The molecule has 1 N–H and O–H groups in total. The SMILES string of the molecule is O=C(COc1ccccc1Cl)N/N=C\c1c2ccccc2cc2ccccc12. The predicted molar refractivity (Wildman–Crippen MR) is 114 cm³/mol. The standard InChI is InChI=1S/C23H17ClN2O2/c24-21-11-5-6-12-22(21)28-15-23(27)26-25-14-20-18-9-3-1-7-16(18)13-17-8-2-4-10-19(17)20/h1-14H,15H2,(H,26,27)/b25-14-. The Morgan fingerprint density at radius 3 is 2.21 bits per heavy atom. The van der Waals surface area contributed by atoms with Crippen molar-refractivity contribution in [1.29, 1.82) is 0 Å². The van der Waals surface area contributed by atoms with Crippen molar-refractivity contribution < 1.29 is 9.53 Å². The van der Waals surface area contributed by atoms with E-state index in [0.29, 0.717) is 10.8 Å². The molecular weight excluding hydrogens is 372 g/mol. The van der Waals surface area contributed by atoms with Gasteiger partial charge in [0.25, 0.3) is 5.91 Å². The Hall–Kier alpha value is -3.37. The van der Waals surface area contributed by atoms with Gasteiger partial charge in [-0.1, -0.05) is 72.3 Å². The second-order valence-corrected chi connectivity index (χ2v) is 6.65. The van der Waals surface area contributed by atoms with Crippen LogP contribution in [0.25, 0.3) is 21.5 Å². The highest BCUT2D eigenvalue weighted by atomic mass is 35.5. The van der Waals surface area contributed by atoms with E-state index in [-0.39, 0.29) is 12.5 Å². The number of carbonyl (C=O) groups is 1. The van der Waals surface area contributed by atoms with Crippen molar-refractivity contribution in [2.24, 2.45) is 5.10 Å². The summed E-state index contributed by atoms with van der Waals surface area (Å²) in [4.78, 5) is 12.1. The number of benzene rings is 4. The highest BCUT2D eigenvalue weighted by molar-refractivity contribution is 6.32. The van der Waals surface area contributed by atoms with Crippen LogP contribution in [-0.2, 0) is 4.79 Å². The molecule has 0 aliphatic carbocycles. The average molecular weight is 389 g/mol. The minimum atomic E-state index is -0.360. The summed E-state index contributed by atoms with van der Waals surface area (Å²) in [6, 6.07) is 25.4. The van der Waals surface area contributed by atoms with Crippen LogP contribution in [0.3, 0.4) is 0 Å². The molecule has 0 atom stereocenters. The van der Waals surface area contributed by atoms with Crippen molar-refractivity contribution in [1.82, 2.24) is 5.43 Å². The molecule has 0 saturated carbocycles. The third kappa shape index (κ3) is 3.82. The molecule has 0 unspecified atom stereocenters. The molecule has 4 aromatic carbocycles. The Kier molecular flexibility index (Phi) is 5.22. The van der Waals surface area contributed by atoms with Gasteiger partial charge in [-0.3, -0.25) is 4.79 Å². The number of hydrogen-bond acceptors (Lipinski definition) is 3. The minimum Gasteiger partial charge on any atom is -0.482 e. The molecule has 0 aliphatic heterocycles. The first-order valence-corrected chi connectivity index (χ1v) is 9.20. The Morgan fingerprint density at radius 2 is 1.54 bits per heavy atom. The fraction of sp³-hybridized carbons (Fsp3) is 0.0435. The zero-order valence-corrected chi connectivity index (χ0v) is 15.7. The Morgan fingerprint density at radius 1 is 0.929 bits per heavy atom. The third-order valence-corrected chi connectivity index (χ3v) is 4.70. The molecule has 4 aromatic rings.